The molecule has 1 atom stereocenters. The summed E-state index contributed by atoms with van der Waals surface area (Å²) in [5.41, 5.74) is 0.610. The second-order valence-corrected chi connectivity index (χ2v) is 7.21. The van der Waals surface area contributed by atoms with Gasteiger partial charge in [0.15, 0.2) is 0 Å². The van der Waals surface area contributed by atoms with Gasteiger partial charge in [-0.2, -0.15) is 0 Å². The van der Waals surface area contributed by atoms with E-state index in [0.29, 0.717) is 12.0 Å². The van der Waals surface area contributed by atoms with E-state index in [1.54, 1.807) is 12.1 Å². The van der Waals surface area contributed by atoms with Crippen LogP contribution in [0.1, 0.15) is 31.4 Å². The van der Waals surface area contributed by atoms with Crippen LogP contribution in [0.5, 0.6) is 0 Å². The number of sulfone groups is 1. The first-order chi connectivity index (χ1) is 8.85. The third-order valence-corrected chi connectivity index (χ3v) is 4.15. The van der Waals surface area contributed by atoms with E-state index >= 15 is 0 Å². The van der Waals surface area contributed by atoms with Crippen LogP contribution in [0.2, 0.25) is 5.02 Å². The van der Waals surface area contributed by atoms with Crippen LogP contribution in [0.4, 0.5) is 4.39 Å². The number of nitrogens with one attached hydrogen (secondary N) is 1. The predicted molar refractivity (Wildman–Crippen MR) is 76.8 cm³/mol. The second-order valence-electron chi connectivity index (χ2n) is 4.57. The van der Waals surface area contributed by atoms with Gasteiger partial charge in [-0.05, 0) is 31.0 Å². The molecule has 6 heteroatoms. The molecule has 0 aliphatic carbocycles. The van der Waals surface area contributed by atoms with Crippen molar-refractivity contribution >= 4 is 21.4 Å². The van der Waals surface area contributed by atoms with Gasteiger partial charge in [-0.3, -0.25) is 0 Å². The van der Waals surface area contributed by atoms with Crippen molar-refractivity contribution in [2.75, 3.05) is 18.6 Å². The van der Waals surface area contributed by atoms with Gasteiger partial charge in [0.2, 0.25) is 0 Å². The molecule has 0 radical (unpaired) electrons. The fraction of sp³-hybridized carbons (Fsp3) is 0.538. The van der Waals surface area contributed by atoms with E-state index in [9.17, 15) is 12.8 Å². The molecule has 0 heterocycles. The summed E-state index contributed by atoms with van der Waals surface area (Å²) < 4.78 is 36.0. The third kappa shape index (κ3) is 5.47. The van der Waals surface area contributed by atoms with Crippen LogP contribution in [0, 0.1) is 5.82 Å². The highest BCUT2D eigenvalue weighted by Gasteiger charge is 2.18. The molecule has 0 aliphatic rings. The zero-order chi connectivity index (χ0) is 14.5. The minimum absolute atomic E-state index is 0.0429. The molecular weight excluding hydrogens is 289 g/mol. The summed E-state index contributed by atoms with van der Waals surface area (Å²) in [6, 6.07) is 4.34. The maximum absolute atomic E-state index is 13.5. The molecule has 0 spiro atoms. The first-order valence-electron chi connectivity index (χ1n) is 6.20. The molecule has 0 bridgehead atoms. The molecule has 1 unspecified atom stereocenters. The van der Waals surface area contributed by atoms with Crippen LogP contribution in [-0.4, -0.2) is 27.0 Å². The van der Waals surface area contributed by atoms with E-state index in [4.69, 9.17) is 11.6 Å². The van der Waals surface area contributed by atoms with Crippen LogP contribution in [0.3, 0.4) is 0 Å². The number of benzene rings is 1. The molecule has 19 heavy (non-hydrogen) atoms. The van der Waals surface area contributed by atoms with Crippen molar-refractivity contribution in [3.63, 3.8) is 0 Å². The topological polar surface area (TPSA) is 46.2 Å². The summed E-state index contributed by atoms with van der Waals surface area (Å²) >= 11 is 5.95. The molecule has 0 saturated carbocycles. The van der Waals surface area contributed by atoms with Crippen LogP contribution >= 0.6 is 11.6 Å². The highest BCUT2D eigenvalue weighted by molar-refractivity contribution is 7.90. The van der Waals surface area contributed by atoms with Gasteiger partial charge in [0.25, 0.3) is 0 Å². The molecule has 0 fully saturated rings. The van der Waals surface area contributed by atoms with E-state index in [2.05, 4.69) is 5.32 Å². The lowest BCUT2D eigenvalue weighted by Crippen LogP contribution is -2.25. The standard InChI is InChI=1S/C13H19ClFNO2S/c1-3-8-16-12(7-9-19(2,17)18)10-5-4-6-11(15)13(10)14/h4-6,12,16H,3,7-9H2,1-2H3. The first kappa shape index (κ1) is 16.4. The zero-order valence-electron chi connectivity index (χ0n) is 11.1. The lowest BCUT2D eigenvalue weighted by molar-refractivity contribution is 0.510. The molecule has 0 aromatic heterocycles. The van der Waals surface area contributed by atoms with E-state index in [0.717, 1.165) is 13.0 Å². The average Bonchev–Trinajstić information content (AvgIpc) is 2.32. The monoisotopic (exact) mass is 307 g/mol. The Hall–Kier alpha value is -0.650. The van der Waals surface area contributed by atoms with E-state index in [1.165, 1.54) is 12.3 Å². The van der Waals surface area contributed by atoms with E-state index in [-0.39, 0.29) is 16.8 Å². The van der Waals surface area contributed by atoms with Crippen molar-refractivity contribution in [1.82, 2.24) is 5.32 Å². The number of rotatable bonds is 7. The number of hydrogen-bond acceptors (Lipinski definition) is 3. The summed E-state index contributed by atoms with van der Waals surface area (Å²) in [5, 5.41) is 3.27. The Morgan fingerprint density at radius 1 is 1.42 bits per heavy atom. The Morgan fingerprint density at radius 3 is 2.68 bits per heavy atom. The van der Waals surface area contributed by atoms with Crippen molar-refractivity contribution in [3.8, 4) is 0 Å². The fourth-order valence-corrected chi connectivity index (χ4v) is 2.73. The SMILES string of the molecule is CCCNC(CCS(C)(=O)=O)c1cccc(F)c1Cl. The molecule has 0 aliphatic heterocycles. The smallest absolute Gasteiger partial charge is 0.147 e. The highest BCUT2D eigenvalue weighted by Crippen LogP contribution is 2.27. The van der Waals surface area contributed by atoms with Crippen LogP contribution in [-0.2, 0) is 9.84 Å². The van der Waals surface area contributed by atoms with Crippen LogP contribution in [0.25, 0.3) is 0 Å². The Kier molecular flexibility index (Phi) is 6.23. The average molecular weight is 308 g/mol. The maximum atomic E-state index is 13.5. The van der Waals surface area contributed by atoms with Crippen molar-refractivity contribution in [1.29, 1.82) is 0 Å². The van der Waals surface area contributed by atoms with Crippen molar-refractivity contribution in [3.05, 3.63) is 34.6 Å². The molecular formula is C13H19ClFNO2S. The van der Waals surface area contributed by atoms with Gasteiger partial charge < -0.3 is 5.32 Å². The second kappa shape index (κ2) is 7.22. The molecule has 1 N–H and O–H groups in total. The maximum Gasteiger partial charge on any atom is 0.147 e. The molecule has 1 rings (SSSR count). The summed E-state index contributed by atoms with van der Waals surface area (Å²) in [6.45, 7) is 2.73. The Bertz CT molecular complexity index is 519. The summed E-state index contributed by atoms with van der Waals surface area (Å²) in [5.74, 6) is -0.442. The van der Waals surface area contributed by atoms with Crippen molar-refractivity contribution in [2.45, 2.75) is 25.8 Å². The normalized spacial score (nSPS) is 13.5. The van der Waals surface area contributed by atoms with Crippen LogP contribution < -0.4 is 5.32 Å². The summed E-state index contributed by atoms with van der Waals surface area (Å²) in [7, 11) is -3.05. The Balaban J connectivity index is 2.92. The number of hydrogen-bond donors (Lipinski definition) is 1. The molecule has 0 amide bonds. The summed E-state index contributed by atoms with van der Waals surface area (Å²) in [4.78, 5) is 0. The Labute approximate surface area is 119 Å². The van der Waals surface area contributed by atoms with Gasteiger partial charge in [0.05, 0.1) is 10.8 Å². The molecule has 0 saturated heterocycles. The molecule has 1 aromatic rings. The predicted octanol–water partition coefficient (Wildman–Crippen LogP) is 2.95. The lowest BCUT2D eigenvalue weighted by Gasteiger charge is -2.20. The largest absolute Gasteiger partial charge is 0.310 e. The fourth-order valence-electron chi connectivity index (χ4n) is 1.81. The van der Waals surface area contributed by atoms with Gasteiger partial charge in [-0.25, -0.2) is 12.8 Å². The minimum atomic E-state index is -3.05. The van der Waals surface area contributed by atoms with Crippen LogP contribution in [0.15, 0.2) is 18.2 Å². The van der Waals surface area contributed by atoms with Gasteiger partial charge >= 0.3 is 0 Å². The number of halogens is 2. The van der Waals surface area contributed by atoms with E-state index < -0.39 is 15.7 Å². The van der Waals surface area contributed by atoms with E-state index in [1.807, 2.05) is 6.92 Å². The first-order valence-corrected chi connectivity index (χ1v) is 8.64. The van der Waals surface area contributed by atoms with Crippen molar-refractivity contribution in [2.24, 2.45) is 0 Å². The third-order valence-electron chi connectivity index (χ3n) is 2.77. The highest BCUT2D eigenvalue weighted by atomic mass is 35.5. The van der Waals surface area contributed by atoms with Gasteiger partial charge in [-0.1, -0.05) is 30.7 Å². The lowest BCUT2D eigenvalue weighted by atomic mass is 10.0. The molecule has 3 nitrogen and oxygen atoms in total. The Morgan fingerprint density at radius 2 is 2.11 bits per heavy atom. The van der Waals surface area contributed by atoms with Gasteiger partial charge in [0.1, 0.15) is 15.7 Å². The minimum Gasteiger partial charge on any atom is -0.310 e. The molecule has 108 valence electrons. The molecule has 1 aromatic carbocycles. The van der Waals surface area contributed by atoms with Gasteiger partial charge in [0, 0.05) is 12.3 Å². The van der Waals surface area contributed by atoms with Gasteiger partial charge in [-0.15, -0.1) is 0 Å². The van der Waals surface area contributed by atoms with Crippen molar-refractivity contribution < 1.29 is 12.8 Å². The zero-order valence-corrected chi connectivity index (χ0v) is 12.7. The summed E-state index contributed by atoms with van der Waals surface area (Å²) in [6.07, 6.45) is 2.47. The quantitative estimate of drug-likeness (QED) is 0.842.